The quantitative estimate of drug-likeness (QED) is 0.521. The molecular formula is C17H36B. The maximum Gasteiger partial charge on any atom is 0.125 e. The fraction of sp³-hybridized carbons (Fsp3) is 1.00. The predicted octanol–water partition coefficient (Wildman–Crippen LogP) is 6.21. The molecule has 0 fully saturated rings. The van der Waals surface area contributed by atoms with Crippen LogP contribution in [-0.4, -0.2) is 7.28 Å². The molecule has 1 radical (unpaired) electrons. The van der Waals surface area contributed by atoms with Crippen LogP contribution in [0.2, 0.25) is 10.6 Å². The van der Waals surface area contributed by atoms with Gasteiger partial charge in [0.2, 0.25) is 0 Å². The summed E-state index contributed by atoms with van der Waals surface area (Å²) in [6.07, 6.45) is 1.21. The third-order valence-electron chi connectivity index (χ3n) is 5.34. The van der Waals surface area contributed by atoms with E-state index in [0.717, 1.165) is 0 Å². The lowest BCUT2D eigenvalue weighted by atomic mass is 9.32. The van der Waals surface area contributed by atoms with Gasteiger partial charge < -0.3 is 0 Å². The molecule has 2 atom stereocenters. The third-order valence-corrected chi connectivity index (χ3v) is 5.34. The van der Waals surface area contributed by atoms with Crippen molar-refractivity contribution < 1.29 is 0 Å². The van der Waals surface area contributed by atoms with Gasteiger partial charge in [-0.05, 0) is 16.7 Å². The first-order valence-corrected chi connectivity index (χ1v) is 7.54. The predicted molar refractivity (Wildman–Crippen MR) is 86.5 cm³/mol. The molecule has 0 spiro atoms. The van der Waals surface area contributed by atoms with E-state index in [0.29, 0.717) is 16.7 Å². The largest absolute Gasteiger partial charge is 0.125 e. The molecule has 0 rings (SSSR count). The fourth-order valence-corrected chi connectivity index (χ4v) is 3.28. The maximum atomic E-state index is 2.59. The van der Waals surface area contributed by atoms with Crippen LogP contribution in [0.4, 0.5) is 0 Å². The maximum absolute atomic E-state index is 2.59. The van der Waals surface area contributed by atoms with Crippen LogP contribution in [0.25, 0.3) is 0 Å². The van der Waals surface area contributed by atoms with Crippen molar-refractivity contribution in [1.29, 1.82) is 0 Å². The summed E-state index contributed by atoms with van der Waals surface area (Å²) in [5.74, 6) is 0.675. The van der Waals surface area contributed by atoms with Crippen molar-refractivity contribution in [2.45, 2.75) is 93.2 Å². The molecule has 0 aliphatic rings. The normalized spacial score (nSPS) is 19.3. The summed E-state index contributed by atoms with van der Waals surface area (Å²) >= 11 is 0. The first-order valence-electron chi connectivity index (χ1n) is 7.54. The molecule has 0 amide bonds. The van der Waals surface area contributed by atoms with E-state index in [2.05, 4.69) is 83.4 Å². The average Bonchev–Trinajstić information content (AvgIpc) is 2.12. The molecule has 0 aliphatic heterocycles. The lowest BCUT2D eigenvalue weighted by Gasteiger charge is -2.54. The van der Waals surface area contributed by atoms with Crippen LogP contribution in [0, 0.1) is 16.7 Å². The van der Waals surface area contributed by atoms with Gasteiger partial charge in [0.05, 0.1) is 0 Å². The molecular weight excluding hydrogens is 215 g/mol. The molecule has 0 saturated heterocycles. The minimum atomic E-state index is 0.276. The Morgan fingerprint density at radius 1 is 0.833 bits per heavy atom. The van der Waals surface area contributed by atoms with E-state index in [4.69, 9.17) is 0 Å². The van der Waals surface area contributed by atoms with Crippen LogP contribution in [0.15, 0.2) is 0 Å². The van der Waals surface area contributed by atoms with Crippen LogP contribution >= 0.6 is 0 Å². The first kappa shape index (κ1) is 18.1. The zero-order valence-corrected chi connectivity index (χ0v) is 14.9. The summed E-state index contributed by atoms with van der Waals surface area (Å²) in [5.41, 5.74) is 0.652. The summed E-state index contributed by atoms with van der Waals surface area (Å²) < 4.78 is 0. The highest BCUT2D eigenvalue weighted by molar-refractivity contribution is 6.44. The Balaban J connectivity index is 5.38. The zero-order valence-electron chi connectivity index (χ0n) is 14.9. The highest BCUT2D eigenvalue weighted by Crippen LogP contribution is 2.58. The van der Waals surface area contributed by atoms with Gasteiger partial charge >= 0.3 is 0 Å². The van der Waals surface area contributed by atoms with Gasteiger partial charge in [-0.1, -0.05) is 93.2 Å². The molecule has 0 bridgehead atoms. The van der Waals surface area contributed by atoms with E-state index >= 15 is 0 Å². The van der Waals surface area contributed by atoms with Crippen molar-refractivity contribution in [2.75, 3.05) is 0 Å². The van der Waals surface area contributed by atoms with Crippen LogP contribution in [0.5, 0.6) is 0 Å². The van der Waals surface area contributed by atoms with E-state index in [-0.39, 0.29) is 10.6 Å². The summed E-state index contributed by atoms with van der Waals surface area (Å²) in [6.45, 7) is 26.2. The van der Waals surface area contributed by atoms with E-state index in [1.165, 1.54) is 6.42 Å². The van der Waals surface area contributed by atoms with Crippen LogP contribution in [0.3, 0.4) is 0 Å². The Labute approximate surface area is 118 Å². The molecule has 0 N–H and O–H groups in total. The van der Waals surface area contributed by atoms with Crippen LogP contribution in [-0.2, 0) is 0 Å². The lowest BCUT2D eigenvalue weighted by molar-refractivity contribution is 0.0574. The number of hydrogen-bond acceptors (Lipinski definition) is 0. The van der Waals surface area contributed by atoms with Gasteiger partial charge in [0.1, 0.15) is 7.28 Å². The molecule has 18 heavy (non-hydrogen) atoms. The average molecular weight is 251 g/mol. The molecule has 0 aromatic carbocycles. The molecule has 0 heterocycles. The molecule has 0 saturated carbocycles. The molecule has 0 nitrogen and oxygen atoms in total. The smallest absolute Gasteiger partial charge is 0.0674 e. The second-order valence-electron chi connectivity index (χ2n) is 9.09. The lowest BCUT2D eigenvalue weighted by Crippen LogP contribution is -2.45. The summed E-state index contributed by atoms with van der Waals surface area (Å²) in [6, 6.07) is 0. The Bertz CT molecular complexity index is 262. The SMILES string of the molecule is CCC(C)([B]C(C)(C)C)C(C)(C)C(C)C(C)(C)C. The summed E-state index contributed by atoms with van der Waals surface area (Å²) in [7, 11) is 2.59. The van der Waals surface area contributed by atoms with Crippen molar-refractivity contribution in [3.8, 4) is 0 Å². The van der Waals surface area contributed by atoms with Crippen molar-refractivity contribution in [2.24, 2.45) is 16.7 Å². The molecule has 0 aliphatic carbocycles. The Kier molecular flexibility index (Phi) is 5.23. The Hall–Kier alpha value is 0.0649. The fourth-order valence-electron chi connectivity index (χ4n) is 3.28. The van der Waals surface area contributed by atoms with Gasteiger partial charge in [0.25, 0.3) is 0 Å². The van der Waals surface area contributed by atoms with Gasteiger partial charge in [-0.3, -0.25) is 0 Å². The van der Waals surface area contributed by atoms with Gasteiger partial charge in [0.15, 0.2) is 0 Å². The van der Waals surface area contributed by atoms with Crippen LogP contribution in [0.1, 0.15) is 82.6 Å². The summed E-state index contributed by atoms with van der Waals surface area (Å²) in [5, 5.41) is 0.553. The minimum absolute atomic E-state index is 0.276. The van der Waals surface area contributed by atoms with Gasteiger partial charge in [-0.25, -0.2) is 0 Å². The van der Waals surface area contributed by atoms with Crippen LogP contribution < -0.4 is 0 Å². The standard InChI is InChI=1S/C17H36B/c1-12-17(11,18-15(6,7)8)16(9,10)13(2)14(3,4)5/h13H,12H2,1-11H3. The van der Waals surface area contributed by atoms with Crippen molar-refractivity contribution in [3.63, 3.8) is 0 Å². The number of rotatable bonds is 4. The van der Waals surface area contributed by atoms with Gasteiger partial charge in [0, 0.05) is 0 Å². The molecule has 1 heteroatoms. The van der Waals surface area contributed by atoms with Gasteiger partial charge in [-0.15, -0.1) is 0 Å². The highest BCUT2D eigenvalue weighted by atomic mass is 14.5. The van der Waals surface area contributed by atoms with Crippen molar-refractivity contribution >= 4 is 7.28 Å². The Morgan fingerprint density at radius 2 is 1.22 bits per heavy atom. The van der Waals surface area contributed by atoms with E-state index in [1.54, 1.807) is 0 Å². The first-order chi connectivity index (χ1) is 7.67. The van der Waals surface area contributed by atoms with E-state index < -0.39 is 0 Å². The van der Waals surface area contributed by atoms with Crippen molar-refractivity contribution in [1.82, 2.24) is 0 Å². The number of hydrogen-bond donors (Lipinski definition) is 0. The summed E-state index contributed by atoms with van der Waals surface area (Å²) in [4.78, 5) is 0. The molecule has 2 unspecified atom stereocenters. The Morgan fingerprint density at radius 3 is 1.44 bits per heavy atom. The van der Waals surface area contributed by atoms with Crippen molar-refractivity contribution in [3.05, 3.63) is 0 Å². The topological polar surface area (TPSA) is 0 Å². The minimum Gasteiger partial charge on any atom is -0.0674 e. The van der Waals surface area contributed by atoms with E-state index in [1.807, 2.05) is 0 Å². The molecule has 0 aromatic heterocycles. The third kappa shape index (κ3) is 4.03. The van der Waals surface area contributed by atoms with Gasteiger partial charge in [-0.2, -0.15) is 0 Å². The van der Waals surface area contributed by atoms with E-state index in [9.17, 15) is 0 Å². The second-order valence-corrected chi connectivity index (χ2v) is 9.09. The highest BCUT2D eigenvalue weighted by Gasteiger charge is 2.48. The zero-order chi connectivity index (χ0) is 15.0. The second kappa shape index (κ2) is 5.21. The molecule has 107 valence electrons. The molecule has 0 aromatic rings. The monoisotopic (exact) mass is 251 g/mol.